The Morgan fingerprint density at radius 2 is 1.32 bits per heavy atom. The number of carbonyl (C=O) groups is 2. The lowest BCUT2D eigenvalue weighted by Crippen LogP contribution is -2.34. The second-order valence-electron chi connectivity index (χ2n) is 3.78. The van der Waals surface area contributed by atoms with Crippen LogP contribution in [0.3, 0.4) is 0 Å². The molecular formula is C14H11NO4. The molecular weight excluding hydrogens is 246 g/mol. The highest BCUT2D eigenvalue weighted by molar-refractivity contribution is 6.10. The van der Waals surface area contributed by atoms with Crippen molar-refractivity contribution in [1.82, 2.24) is 0 Å². The normalized spacial score (nSPS) is 9.89. The first-order chi connectivity index (χ1) is 9.11. The van der Waals surface area contributed by atoms with Crippen molar-refractivity contribution in [3.8, 4) is 11.1 Å². The zero-order valence-electron chi connectivity index (χ0n) is 9.85. The van der Waals surface area contributed by atoms with Gasteiger partial charge in [0.05, 0.1) is 5.69 Å². The number of hydrogen-bond donors (Lipinski definition) is 2. The van der Waals surface area contributed by atoms with Gasteiger partial charge in [-0.25, -0.2) is 9.59 Å². The van der Waals surface area contributed by atoms with Gasteiger partial charge in [0.25, 0.3) is 0 Å². The maximum absolute atomic E-state index is 11.1. The summed E-state index contributed by atoms with van der Waals surface area (Å²) in [6.07, 6.45) is -3.06. The quantitative estimate of drug-likeness (QED) is 0.862. The summed E-state index contributed by atoms with van der Waals surface area (Å²) in [5.41, 5.74) is 1.42. The van der Waals surface area contributed by atoms with E-state index in [1.54, 1.807) is 42.5 Å². The van der Waals surface area contributed by atoms with Gasteiger partial charge in [-0.2, -0.15) is 4.90 Å². The summed E-state index contributed by atoms with van der Waals surface area (Å²) in [6.45, 7) is 0. The Morgan fingerprint density at radius 1 is 0.789 bits per heavy atom. The zero-order valence-corrected chi connectivity index (χ0v) is 9.85. The van der Waals surface area contributed by atoms with Gasteiger partial charge in [-0.15, -0.1) is 0 Å². The highest BCUT2D eigenvalue weighted by Crippen LogP contribution is 2.30. The van der Waals surface area contributed by atoms with E-state index >= 15 is 0 Å². The number of rotatable bonds is 2. The van der Waals surface area contributed by atoms with Crippen LogP contribution < -0.4 is 4.90 Å². The highest BCUT2D eigenvalue weighted by Gasteiger charge is 2.24. The molecule has 0 atom stereocenters. The monoisotopic (exact) mass is 257 g/mol. The smallest absolute Gasteiger partial charge is 0.421 e. The summed E-state index contributed by atoms with van der Waals surface area (Å²) in [4.78, 5) is 22.4. The van der Waals surface area contributed by atoms with Gasteiger partial charge in [-0.1, -0.05) is 48.5 Å². The molecule has 0 unspecified atom stereocenters. The molecule has 96 valence electrons. The highest BCUT2D eigenvalue weighted by atomic mass is 16.4. The minimum atomic E-state index is -1.53. The Kier molecular flexibility index (Phi) is 3.47. The number of benzene rings is 2. The largest absolute Gasteiger partial charge is 0.464 e. The average molecular weight is 257 g/mol. The molecule has 2 amide bonds. The summed E-state index contributed by atoms with van der Waals surface area (Å²) in [7, 11) is 0. The lowest BCUT2D eigenvalue weighted by Gasteiger charge is -2.17. The van der Waals surface area contributed by atoms with Gasteiger partial charge in [0.1, 0.15) is 0 Å². The molecule has 0 bridgehead atoms. The van der Waals surface area contributed by atoms with Crippen LogP contribution in [0.15, 0.2) is 54.6 Å². The molecule has 0 aromatic heterocycles. The molecule has 0 aliphatic carbocycles. The Labute approximate surface area is 109 Å². The van der Waals surface area contributed by atoms with Crippen LogP contribution in [-0.4, -0.2) is 22.4 Å². The third kappa shape index (κ3) is 2.55. The minimum absolute atomic E-state index is 0.119. The first-order valence-electron chi connectivity index (χ1n) is 5.51. The molecule has 0 aliphatic heterocycles. The van der Waals surface area contributed by atoms with Crippen LogP contribution in [0.1, 0.15) is 0 Å². The second kappa shape index (κ2) is 5.22. The van der Waals surface area contributed by atoms with Gasteiger partial charge in [0, 0.05) is 5.56 Å². The molecule has 5 nitrogen and oxygen atoms in total. The van der Waals surface area contributed by atoms with Crippen molar-refractivity contribution in [3.63, 3.8) is 0 Å². The van der Waals surface area contributed by atoms with Crippen molar-refractivity contribution in [2.45, 2.75) is 0 Å². The Morgan fingerprint density at radius 3 is 1.89 bits per heavy atom. The third-order valence-corrected chi connectivity index (χ3v) is 2.61. The van der Waals surface area contributed by atoms with Crippen LogP contribution in [0, 0.1) is 0 Å². The molecule has 0 aliphatic rings. The van der Waals surface area contributed by atoms with Gasteiger partial charge < -0.3 is 10.2 Å². The summed E-state index contributed by atoms with van der Waals surface area (Å²) in [6, 6.07) is 15.5. The van der Waals surface area contributed by atoms with Crippen LogP contribution in [-0.2, 0) is 0 Å². The SMILES string of the molecule is O=C(O)N(C(=O)O)c1ccccc1-c1ccccc1. The summed E-state index contributed by atoms with van der Waals surface area (Å²) < 4.78 is 0. The molecule has 2 N–H and O–H groups in total. The number of para-hydroxylation sites is 1. The van der Waals surface area contributed by atoms with Crippen LogP contribution in [0.5, 0.6) is 0 Å². The molecule has 2 aromatic carbocycles. The Balaban J connectivity index is 2.59. The third-order valence-electron chi connectivity index (χ3n) is 2.61. The molecule has 2 aromatic rings. The number of amides is 2. The van der Waals surface area contributed by atoms with Crippen LogP contribution in [0.2, 0.25) is 0 Å². The first kappa shape index (κ1) is 12.6. The lowest BCUT2D eigenvalue weighted by atomic mass is 10.0. The van der Waals surface area contributed by atoms with E-state index in [0.717, 1.165) is 5.56 Å². The van der Waals surface area contributed by atoms with Crippen molar-refractivity contribution in [2.75, 3.05) is 4.90 Å². The second-order valence-corrected chi connectivity index (χ2v) is 3.78. The van der Waals surface area contributed by atoms with E-state index in [-0.39, 0.29) is 5.69 Å². The van der Waals surface area contributed by atoms with Crippen molar-refractivity contribution in [3.05, 3.63) is 54.6 Å². The zero-order chi connectivity index (χ0) is 13.8. The summed E-state index contributed by atoms with van der Waals surface area (Å²) in [5, 5.41) is 18.0. The summed E-state index contributed by atoms with van der Waals surface area (Å²) in [5.74, 6) is 0. The Bertz CT molecular complexity index is 596. The molecule has 2 rings (SSSR count). The van der Waals surface area contributed by atoms with Crippen LogP contribution in [0.4, 0.5) is 15.3 Å². The molecule has 5 heteroatoms. The van der Waals surface area contributed by atoms with Crippen molar-refractivity contribution in [2.24, 2.45) is 0 Å². The van der Waals surface area contributed by atoms with Gasteiger partial charge in [0.2, 0.25) is 0 Å². The van der Waals surface area contributed by atoms with E-state index in [2.05, 4.69) is 0 Å². The van der Waals surface area contributed by atoms with E-state index in [1.165, 1.54) is 6.07 Å². The van der Waals surface area contributed by atoms with Gasteiger partial charge >= 0.3 is 12.2 Å². The maximum atomic E-state index is 11.1. The fourth-order valence-electron chi connectivity index (χ4n) is 1.82. The van der Waals surface area contributed by atoms with E-state index in [1.807, 2.05) is 6.07 Å². The molecule has 0 heterocycles. The molecule has 0 saturated heterocycles. The molecule has 0 radical (unpaired) electrons. The standard InChI is InChI=1S/C14H11NO4/c16-13(17)15(14(18)19)12-9-5-4-8-11(12)10-6-2-1-3-7-10/h1-9H,(H,16,17)(H,18,19). The number of hydrogen-bond acceptors (Lipinski definition) is 2. The predicted octanol–water partition coefficient (Wildman–Crippen LogP) is 3.52. The van der Waals surface area contributed by atoms with E-state index < -0.39 is 12.2 Å². The fraction of sp³-hybridized carbons (Fsp3) is 0. The molecule has 19 heavy (non-hydrogen) atoms. The maximum Gasteiger partial charge on any atom is 0.421 e. The molecule has 0 spiro atoms. The van der Waals surface area contributed by atoms with E-state index in [0.29, 0.717) is 10.5 Å². The van der Waals surface area contributed by atoms with E-state index in [9.17, 15) is 9.59 Å². The predicted molar refractivity (Wildman–Crippen MR) is 70.4 cm³/mol. The van der Waals surface area contributed by atoms with Crippen LogP contribution >= 0.6 is 0 Å². The number of imide groups is 1. The number of carboxylic acid groups (broad SMARTS) is 2. The van der Waals surface area contributed by atoms with Gasteiger partial charge in [-0.3, -0.25) is 0 Å². The van der Waals surface area contributed by atoms with Crippen molar-refractivity contribution < 1.29 is 19.8 Å². The van der Waals surface area contributed by atoms with Crippen molar-refractivity contribution in [1.29, 1.82) is 0 Å². The van der Waals surface area contributed by atoms with E-state index in [4.69, 9.17) is 10.2 Å². The number of anilines is 1. The minimum Gasteiger partial charge on any atom is -0.464 e. The average Bonchev–Trinajstić information content (AvgIpc) is 2.39. The molecule has 0 fully saturated rings. The first-order valence-corrected chi connectivity index (χ1v) is 5.51. The topological polar surface area (TPSA) is 77.8 Å². The van der Waals surface area contributed by atoms with Gasteiger partial charge in [0.15, 0.2) is 0 Å². The number of nitrogens with zero attached hydrogens (tertiary/aromatic N) is 1. The molecule has 0 saturated carbocycles. The van der Waals surface area contributed by atoms with Crippen LogP contribution in [0.25, 0.3) is 11.1 Å². The lowest BCUT2D eigenvalue weighted by molar-refractivity contribution is 0.184. The Hall–Kier alpha value is -2.82. The fourth-order valence-corrected chi connectivity index (χ4v) is 1.82. The van der Waals surface area contributed by atoms with Gasteiger partial charge in [-0.05, 0) is 11.6 Å². The van der Waals surface area contributed by atoms with Crippen molar-refractivity contribution >= 4 is 17.9 Å². The summed E-state index contributed by atoms with van der Waals surface area (Å²) >= 11 is 0.